The van der Waals surface area contributed by atoms with Gasteiger partial charge in [-0.05, 0) is 46.3 Å². The number of hydrogen-bond donors (Lipinski definition) is 0. The molecule has 0 aliphatic heterocycles. The van der Waals surface area contributed by atoms with Gasteiger partial charge in [-0.1, -0.05) is 152 Å². The average Bonchev–Trinajstić information content (AvgIpc) is 3.62. The Labute approximate surface area is 295 Å². The van der Waals surface area contributed by atoms with Gasteiger partial charge in [-0.3, -0.25) is 4.98 Å². The van der Waals surface area contributed by atoms with Gasteiger partial charge in [0, 0.05) is 44.6 Å². The van der Waals surface area contributed by atoms with E-state index in [1.165, 1.54) is 0 Å². The summed E-state index contributed by atoms with van der Waals surface area (Å²) in [5.74, 6) is 0. The lowest BCUT2D eigenvalue weighted by Crippen LogP contribution is -1.96. The predicted octanol–water partition coefficient (Wildman–Crippen LogP) is 11.9. The summed E-state index contributed by atoms with van der Waals surface area (Å²) in [5.41, 5.74) is 13.8. The molecule has 0 aliphatic rings. The zero-order valence-electron chi connectivity index (χ0n) is 27.6. The first-order chi connectivity index (χ1) is 25.3. The number of benzene rings is 6. The SMILES string of the molecule is c1ccc(-c2nn3c(-c4ccccc4)cc4cc(-c5ccc(-c6ccc7ccc8cccnc8c7n6)cc5)ccc4c3c2-c2ccccc2)cc1. The van der Waals surface area contributed by atoms with Crippen molar-refractivity contribution in [2.45, 2.75) is 0 Å². The summed E-state index contributed by atoms with van der Waals surface area (Å²) in [4.78, 5) is 9.71. The summed E-state index contributed by atoms with van der Waals surface area (Å²) in [6.07, 6.45) is 1.83. The minimum absolute atomic E-state index is 0.926. The zero-order chi connectivity index (χ0) is 33.7. The molecule has 0 bridgehead atoms. The Bertz CT molecular complexity index is 2880. The number of fused-ring (bicyclic) bond motifs is 6. The maximum Gasteiger partial charge on any atom is 0.101 e. The number of pyridine rings is 3. The standard InChI is InChI=1S/C47H30N4/c1-4-11-33(12-5-1)42-30-39-29-38(31-18-20-32(21-19-31)41-27-25-37-23-22-36-17-10-28-48-45(36)46(37)49-41)24-26-40(39)47-43(34-13-6-2-7-14-34)44(50-51(42)47)35-15-8-3-9-16-35/h1-30H. The Hall–Kier alpha value is -6.91. The molecular weight excluding hydrogens is 621 g/mol. The van der Waals surface area contributed by atoms with Crippen LogP contribution in [0.2, 0.25) is 0 Å². The van der Waals surface area contributed by atoms with E-state index >= 15 is 0 Å². The zero-order valence-corrected chi connectivity index (χ0v) is 27.6. The lowest BCUT2D eigenvalue weighted by molar-refractivity contribution is 0.979. The van der Waals surface area contributed by atoms with Crippen molar-refractivity contribution in [2.24, 2.45) is 0 Å². The van der Waals surface area contributed by atoms with E-state index in [-0.39, 0.29) is 0 Å². The molecule has 4 nitrogen and oxygen atoms in total. The van der Waals surface area contributed by atoms with E-state index in [9.17, 15) is 0 Å². The molecule has 4 heteroatoms. The number of aromatic nitrogens is 4. The quantitative estimate of drug-likeness (QED) is 0.174. The van der Waals surface area contributed by atoms with Crippen molar-refractivity contribution >= 4 is 38.1 Å². The van der Waals surface area contributed by atoms with E-state index in [2.05, 4.69) is 179 Å². The van der Waals surface area contributed by atoms with Crippen molar-refractivity contribution in [3.8, 4) is 56.0 Å². The first-order valence-corrected chi connectivity index (χ1v) is 17.2. The third kappa shape index (κ3) is 4.96. The molecule has 51 heavy (non-hydrogen) atoms. The van der Waals surface area contributed by atoms with E-state index in [1.807, 2.05) is 12.3 Å². The molecule has 10 rings (SSSR count). The fourth-order valence-electron chi connectivity index (χ4n) is 7.34. The van der Waals surface area contributed by atoms with E-state index in [4.69, 9.17) is 10.1 Å². The third-order valence-electron chi connectivity index (χ3n) is 9.84. The second-order valence-electron chi connectivity index (χ2n) is 12.9. The van der Waals surface area contributed by atoms with Gasteiger partial charge < -0.3 is 0 Å². The molecule has 10 aromatic rings. The summed E-state index contributed by atoms with van der Waals surface area (Å²) < 4.78 is 2.14. The largest absolute Gasteiger partial charge is 0.254 e. The molecule has 6 aromatic carbocycles. The van der Waals surface area contributed by atoms with Crippen LogP contribution >= 0.6 is 0 Å². The summed E-state index contributed by atoms with van der Waals surface area (Å²) in [7, 11) is 0. The second-order valence-corrected chi connectivity index (χ2v) is 12.9. The van der Waals surface area contributed by atoms with Crippen LogP contribution in [0.25, 0.3) is 94.1 Å². The molecule has 0 spiro atoms. The van der Waals surface area contributed by atoms with Crippen molar-refractivity contribution in [3.05, 3.63) is 182 Å². The maximum absolute atomic E-state index is 5.35. The maximum atomic E-state index is 5.35. The van der Waals surface area contributed by atoms with E-state index in [0.29, 0.717) is 0 Å². The van der Waals surface area contributed by atoms with Crippen molar-refractivity contribution in [1.82, 2.24) is 19.6 Å². The van der Waals surface area contributed by atoms with Crippen LogP contribution in [0.1, 0.15) is 0 Å². The lowest BCUT2D eigenvalue weighted by atomic mass is 9.95. The minimum Gasteiger partial charge on any atom is -0.254 e. The molecular formula is C47H30N4. The Morgan fingerprint density at radius 3 is 1.78 bits per heavy atom. The van der Waals surface area contributed by atoms with Crippen LogP contribution in [-0.4, -0.2) is 19.6 Å². The molecule has 0 N–H and O–H groups in total. The van der Waals surface area contributed by atoms with Gasteiger partial charge in [0.15, 0.2) is 0 Å². The molecule has 0 unspecified atom stereocenters. The molecule has 238 valence electrons. The Kier molecular flexibility index (Phi) is 6.78. The third-order valence-corrected chi connectivity index (χ3v) is 9.84. The highest BCUT2D eigenvalue weighted by molar-refractivity contribution is 6.09. The molecule has 0 saturated heterocycles. The Morgan fingerprint density at radius 1 is 0.412 bits per heavy atom. The van der Waals surface area contributed by atoms with E-state index < -0.39 is 0 Å². The van der Waals surface area contributed by atoms with Crippen LogP contribution in [0, 0.1) is 0 Å². The van der Waals surface area contributed by atoms with Crippen LogP contribution in [0.4, 0.5) is 0 Å². The van der Waals surface area contributed by atoms with Gasteiger partial charge in [-0.2, -0.15) is 5.10 Å². The average molecular weight is 651 g/mol. The Balaban J connectivity index is 1.14. The lowest BCUT2D eigenvalue weighted by Gasteiger charge is -2.12. The monoisotopic (exact) mass is 650 g/mol. The van der Waals surface area contributed by atoms with Gasteiger partial charge >= 0.3 is 0 Å². The first kappa shape index (κ1) is 29.0. The smallest absolute Gasteiger partial charge is 0.101 e. The molecule has 4 aromatic heterocycles. The molecule has 0 fully saturated rings. The van der Waals surface area contributed by atoms with Crippen molar-refractivity contribution < 1.29 is 0 Å². The van der Waals surface area contributed by atoms with E-state index in [0.717, 1.165) is 94.1 Å². The van der Waals surface area contributed by atoms with Crippen molar-refractivity contribution in [2.75, 3.05) is 0 Å². The highest BCUT2D eigenvalue weighted by Crippen LogP contribution is 2.41. The fraction of sp³-hybridized carbons (Fsp3) is 0. The first-order valence-electron chi connectivity index (χ1n) is 17.2. The van der Waals surface area contributed by atoms with Crippen LogP contribution in [0.3, 0.4) is 0 Å². The number of nitrogens with zero attached hydrogens (tertiary/aromatic N) is 4. The van der Waals surface area contributed by atoms with Crippen LogP contribution in [0.5, 0.6) is 0 Å². The number of rotatable bonds is 5. The van der Waals surface area contributed by atoms with Gasteiger partial charge in [-0.25, -0.2) is 9.50 Å². The van der Waals surface area contributed by atoms with Gasteiger partial charge in [0.2, 0.25) is 0 Å². The summed E-state index contributed by atoms with van der Waals surface area (Å²) in [5, 5.41) is 9.85. The summed E-state index contributed by atoms with van der Waals surface area (Å²) in [6.45, 7) is 0. The fourth-order valence-corrected chi connectivity index (χ4v) is 7.34. The molecule has 0 aliphatic carbocycles. The normalized spacial score (nSPS) is 11.5. The number of hydrogen-bond acceptors (Lipinski definition) is 3. The molecule has 0 amide bonds. The molecule has 0 radical (unpaired) electrons. The van der Waals surface area contributed by atoms with Gasteiger partial charge in [0.1, 0.15) is 5.69 Å². The van der Waals surface area contributed by atoms with Gasteiger partial charge in [-0.15, -0.1) is 0 Å². The van der Waals surface area contributed by atoms with E-state index in [1.54, 1.807) is 0 Å². The summed E-state index contributed by atoms with van der Waals surface area (Å²) in [6, 6.07) is 62.0. The van der Waals surface area contributed by atoms with Gasteiger partial charge in [0.25, 0.3) is 0 Å². The molecule has 4 heterocycles. The van der Waals surface area contributed by atoms with Crippen molar-refractivity contribution in [1.29, 1.82) is 0 Å². The van der Waals surface area contributed by atoms with Crippen LogP contribution in [-0.2, 0) is 0 Å². The van der Waals surface area contributed by atoms with Crippen molar-refractivity contribution in [3.63, 3.8) is 0 Å². The predicted molar refractivity (Wildman–Crippen MR) is 210 cm³/mol. The van der Waals surface area contributed by atoms with Crippen LogP contribution in [0.15, 0.2) is 182 Å². The molecule has 0 saturated carbocycles. The topological polar surface area (TPSA) is 43.1 Å². The minimum atomic E-state index is 0.926. The van der Waals surface area contributed by atoms with Crippen LogP contribution < -0.4 is 0 Å². The highest BCUT2D eigenvalue weighted by atomic mass is 15.2. The Morgan fingerprint density at radius 2 is 1.04 bits per heavy atom. The highest BCUT2D eigenvalue weighted by Gasteiger charge is 2.21. The summed E-state index contributed by atoms with van der Waals surface area (Å²) >= 11 is 0. The van der Waals surface area contributed by atoms with Gasteiger partial charge in [0.05, 0.1) is 27.9 Å². The second kappa shape index (κ2) is 11.9. The molecule has 0 atom stereocenters.